The van der Waals surface area contributed by atoms with Crippen LogP contribution in [0, 0.1) is 0 Å². The molecule has 16 heavy (non-hydrogen) atoms. The molecule has 0 fully saturated rings. The number of aliphatic carboxylic acids is 1. The van der Waals surface area contributed by atoms with Crippen LogP contribution in [-0.2, 0) is 9.59 Å². The fourth-order valence-electron chi connectivity index (χ4n) is 1.04. The smallest absolute Gasteiger partial charge is 0.328 e. The molecule has 1 rings (SSSR count). The molecular weight excluding hydrogens is 232 g/mol. The fraction of sp³-hybridized carbons (Fsp3) is 0.333. The molecule has 1 amide bonds. The second-order valence-corrected chi connectivity index (χ2v) is 4.05. The molecule has 7 heteroatoms. The monoisotopic (exact) mass is 244 g/mol. The Bertz CT molecular complexity index is 366. The highest BCUT2D eigenvalue weighted by atomic mass is 32.1. The van der Waals surface area contributed by atoms with Crippen molar-refractivity contribution < 1.29 is 19.8 Å². The summed E-state index contributed by atoms with van der Waals surface area (Å²) < 4.78 is 0. The molecule has 0 saturated carbocycles. The normalized spacial score (nSPS) is 14.1. The second-order valence-electron chi connectivity index (χ2n) is 3.08. The molecule has 2 atom stereocenters. The van der Waals surface area contributed by atoms with Crippen LogP contribution in [0.2, 0.25) is 0 Å². The summed E-state index contributed by atoms with van der Waals surface area (Å²) in [7, 11) is 0. The minimum absolute atomic E-state index is 0.621. The molecule has 1 aromatic rings. The number of aliphatic hydroxyl groups excluding tert-OH is 1. The number of carboxylic acid groups (broad SMARTS) is 1. The van der Waals surface area contributed by atoms with Gasteiger partial charge in [0.05, 0.1) is 6.61 Å². The van der Waals surface area contributed by atoms with Gasteiger partial charge < -0.3 is 21.3 Å². The van der Waals surface area contributed by atoms with E-state index in [4.69, 9.17) is 15.9 Å². The molecule has 0 spiro atoms. The molecule has 0 aliphatic rings. The highest BCUT2D eigenvalue weighted by Gasteiger charge is 2.23. The van der Waals surface area contributed by atoms with E-state index in [0.29, 0.717) is 4.88 Å². The van der Waals surface area contributed by atoms with Crippen LogP contribution in [0.3, 0.4) is 0 Å². The predicted octanol–water partition coefficient (Wildman–Crippen LogP) is -0.690. The van der Waals surface area contributed by atoms with Gasteiger partial charge in [-0.15, -0.1) is 11.3 Å². The first-order chi connectivity index (χ1) is 7.56. The van der Waals surface area contributed by atoms with Gasteiger partial charge in [0, 0.05) is 4.88 Å². The van der Waals surface area contributed by atoms with Gasteiger partial charge in [0.1, 0.15) is 12.1 Å². The first-order valence-corrected chi connectivity index (χ1v) is 5.37. The lowest BCUT2D eigenvalue weighted by Gasteiger charge is -2.14. The van der Waals surface area contributed by atoms with E-state index in [0.717, 1.165) is 0 Å². The number of hydrogen-bond donors (Lipinski definition) is 4. The summed E-state index contributed by atoms with van der Waals surface area (Å²) in [5, 5.41) is 21.3. The van der Waals surface area contributed by atoms with Crippen molar-refractivity contribution in [3.05, 3.63) is 22.4 Å². The quantitative estimate of drug-likeness (QED) is 0.547. The van der Waals surface area contributed by atoms with Gasteiger partial charge in [0.15, 0.2) is 0 Å². The van der Waals surface area contributed by atoms with Crippen LogP contribution in [0.5, 0.6) is 0 Å². The number of carbonyl (C=O) groups excluding carboxylic acids is 1. The van der Waals surface area contributed by atoms with Crippen LogP contribution in [0.25, 0.3) is 0 Å². The number of nitrogens with two attached hydrogens (primary N) is 1. The van der Waals surface area contributed by atoms with Gasteiger partial charge in [0.2, 0.25) is 5.91 Å². The zero-order valence-electron chi connectivity index (χ0n) is 8.29. The summed E-state index contributed by atoms with van der Waals surface area (Å²) >= 11 is 1.31. The standard InChI is InChI=1S/C9H12N2O4S/c10-7(6-2-1-3-16-6)8(13)11-5(4-12)9(14)15/h1-3,5,7,12H,4,10H2,(H,11,13)(H,14,15)/t5-,7?/m1/s1. The second kappa shape index (κ2) is 5.59. The summed E-state index contributed by atoms with van der Waals surface area (Å²) in [5.41, 5.74) is 5.61. The Morgan fingerprint density at radius 3 is 2.69 bits per heavy atom. The van der Waals surface area contributed by atoms with Crippen LogP contribution < -0.4 is 11.1 Å². The van der Waals surface area contributed by atoms with Crippen molar-refractivity contribution >= 4 is 23.2 Å². The Kier molecular flexibility index (Phi) is 4.41. The largest absolute Gasteiger partial charge is 0.480 e. The van der Waals surface area contributed by atoms with Gasteiger partial charge in [-0.2, -0.15) is 0 Å². The lowest BCUT2D eigenvalue weighted by Crippen LogP contribution is -2.46. The Balaban J connectivity index is 2.61. The summed E-state index contributed by atoms with van der Waals surface area (Å²) in [5.74, 6) is -1.92. The third kappa shape index (κ3) is 3.02. The number of hydrogen-bond acceptors (Lipinski definition) is 5. The Morgan fingerprint density at radius 2 is 2.25 bits per heavy atom. The van der Waals surface area contributed by atoms with E-state index < -0.39 is 30.6 Å². The Hall–Kier alpha value is -1.44. The lowest BCUT2D eigenvalue weighted by molar-refractivity contribution is -0.143. The molecule has 0 aliphatic carbocycles. The van der Waals surface area contributed by atoms with E-state index in [2.05, 4.69) is 5.32 Å². The first kappa shape index (κ1) is 12.6. The SMILES string of the molecule is NC(C(=O)N[C@H](CO)C(=O)O)c1cccs1. The topological polar surface area (TPSA) is 113 Å². The summed E-state index contributed by atoms with van der Waals surface area (Å²) in [6.45, 7) is -0.668. The van der Waals surface area contributed by atoms with Gasteiger partial charge in [0.25, 0.3) is 0 Å². The molecule has 88 valence electrons. The molecule has 6 nitrogen and oxygen atoms in total. The molecule has 5 N–H and O–H groups in total. The number of thiophene rings is 1. The Morgan fingerprint density at radius 1 is 1.56 bits per heavy atom. The summed E-state index contributed by atoms with van der Waals surface area (Å²) in [4.78, 5) is 22.7. The van der Waals surface area contributed by atoms with Crippen LogP contribution in [0.15, 0.2) is 17.5 Å². The van der Waals surface area contributed by atoms with Crippen molar-refractivity contribution in [1.82, 2.24) is 5.32 Å². The van der Waals surface area contributed by atoms with E-state index in [1.807, 2.05) is 0 Å². The first-order valence-electron chi connectivity index (χ1n) is 4.49. The molecule has 0 aliphatic heterocycles. The van der Waals surface area contributed by atoms with Crippen molar-refractivity contribution in [2.45, 2.75) is 12.1 Å². The minimum atomic E-state index is -1.32. The number of rotatable bonds is 5. The van der Waals surface area contributed by atoms with E-state index in [1.54, 1.807) is 17.5 Å². The van der Waals surface area contributed by atoms with Crippen LogP contribution in [0.1, 0.15) is 10.9 Å². The molecule has 1 heterocycles. The van der Waals surface area contributed by atoms with E-state index >= 15 is 0 Å². The maximum absolute atomic E-state index is 11.5. The Labute approximate surface area is 95.7 Å². The highest BCUT2D eigenvalue weighted by Crippen LogP contribution is 2.16. The third-order valence-corrected chi connectivity index (χ3v) is 2.88. The maximum atomic E-state index is 11.5. The average molecular weight is 244 g/mol. The van der Waals surface area contributed by atoms with Crippen molar-refractivity contribution in [2.24, 2.45) is 5.73 Å². The van der Waals surface area contributed by atoms with E-state index in [-0.39, 0.29) is 0 Å². The summed E-state index contributed by atoms with van der Waals surface area (Å²) in [6, 6.07) is 1.20. The molecule has 0 bridgehead atoms. The van der Waals surface area contributed by atoms with Crippen molar-refractivity contribution in [3.63, 3.8) is 0 Å². The molecule has 0 aromatic carbocycles. The van der Waals surface area contributed by atoms with Gasteiger partial charge in [-0.25, -0.2) is 4.79 Å². The molecule has 1 unspecified atom stereocenters. The molecule has 0 radical (unpaired) electrons. The van der Waals surface area contributed by atoms with Crippen LogP contribution in [0.4, 0.5) is 0 Å². The number of amides is 1. The lowest BCUT2D eigenvalue weighted by atomic mass is 10.2. The predicted molar refractivity (Wildman–Crippen MR) is 57.9 cm³/mol. The van der Waals surface area contributed by atoms with Crippen LogP contribution >= 0.6 is 11.3 Å². The van der Waals surface area contributed by atoms with Crippen molar-refractivity contribution in [2.75, 3.05) is 6.61 Å². The zero-order valence-corrected chi connectivity index (χ0v) is 9.11. The zero-order chi connectivity index (χ0) is 12.1. The van der Waals surface area contributed by atoms with Crippen molar-refractivity contribution in [3.8, 4) is 0 Å². The summed E-state index contributed by atoms with van der Waals surface area (Å²) in [6.07, 6.45) is 0. The maximum Gasteiger partial charge on any atom is 0.328 e. The molecule has 0 saturated heterocycles. The number of aliphatic hydroxyl groups is 1. The van der Waals surface area contributed by atoms with E-state index in [9.17, 15) is 9.59 Å². The van der Waals surface area contributed by atoms with Gasteiger partial charge in [-0.05, 0) is 11.4 Å². The fourth-order valence-corrected chi connectivity index (χ4v) is 1.77. The number of carboxylic acids is 1. The van der Waals surface area contributed by atoms with Crippen LogP contribution in [-0.4, -0.2) is 34.7 Å². The molecule has 1 aromatic heterocycles. The molecular formula is C9H12N2O4S. The average Bonchev–Trinajstić information content (AvgIpc) is 2.77. The minimum Gasteiger partial charge on any atom is -0.480 e. The third-order valence-electron chi connectivity index (χ3n) is 1.93. The van der Waals surface area contributed by atoms with Gasteiger partial charge in [-0.1, -0.05) is 6.07 Å². The highest BCUT2D eigenvalue weighted by molar-refractivity contribution is 7.10. The van der Waals surface area contributed by atoms with Gasteiger partial charge >= 0.3 is 5.97 Å². The number of carbonyl (C=O) groups is 2. The van der Waals surface area contributed by atoms with Crippen molar-refractivity contribution in [1.29, 1.82) is 0 Å². The number of nitrogens with one attached hydrogen (secondary N) is 1. The van der Waals surface area contributed by atoms with E-state index in [1.165, 1.54) is 11.3 Å². The van der Waals surface area contributed by atoms with Gasteiger partial charge in [-0.3, -0.25) is 4.79 Å².